The van der Waals surface area contributed by atoms with E-state index in [1.165, 1.54) is 7.11 Å². The molecule has 0 aliphatic rings. The van der Waals surface area contributed by atoms with Gasteiger partial charge in [-0.2, -0.15) is 0 Å². The van der Waals surface area contributed by atoms with Crippen molar-refractivity contribution in [1.82, 2.24) is 0 Å². The molecule has 0 aliphatic heterocycles. The Bertz CT molecular complexity index is 452. The van der Waals surface area contributed by atoms with E-state index in [9.17, 15) is 9.59 Å². The summed E-state index contributed by atoms with van der Waals surface area (Å²) < 4.78 is 4.63. The summed E-state index contributed by atoms with van der Waals surface area (Å²) in [6, 6.07) is 7.53. The molecule has 98 valence electrons. The number of anilines is 1. The summed E-state index contributed by atoms with van der Waals surface area (Å²) in [6.45, 7) is 5.10. The van der Waals surface area contributed by atoms with Crippen LogP contribution in [0.3, 0.4) is 0 Å². The Hall–Kier alpha value is -1.84. The number of amides is 1. The lowest BCUT2D eigenvalue weighted by Crippen LogP contribution is -2.39. The SMILES string of the molecule is CCc1ccccc1NC(=O)C(C)(C)C(=O)OC. The fourth-order valence-corrected chi connectivity index (χ4v) is 1.58. The predicted octanol–water partition coefficient (Wildman–Crippen LogP) is 2.39. The number of methoxy groups -OCH3 is 1. The van der Waals surface area contributed by atoms with Gasteiger partial charge in [-0.1, -0.05) is 25.1 Å². The highest BCUT2D eigenvalue weighted by Crippen LogP contribution is 2.22. The zero-order chi connectivity index (χ0) is 13.8. The number of benzene rings is 1. The second-order valence-corrected chi connectivity index (χ2v) is 4.58. The lowest BCUT2D eigenvalue weighted by atomic mass is 9.92. The van der Waals surface area contributed by atoms with Gasteiger partial charge in [0.25, 0.3) is 0 Å². The van der Waals surface area contributed by atoms with E-state index >= 15 is 0 Å². The molecule has 0 unspecified atom stereocenters. The van der Waals surface area contributed by atoms with E-state index in [1.807, 2.05) is 31.2 Å². The molecular weight excluding hydrogens is 230 g/mol. The van der Waals surface area contributed by atoms with Crippen molar-refractivity contribution in [2.45, 2.75) is 27.2 Å². The summed E-state index contributed by atoms with van der Waals surface area (Å²) >= 11 is 0. The Morgan fingerprint density at radius 1 is 1.28 bits per heavy atom. The van der Waals surface area contributed by atoms with Crippen molar-refractivity contribution < 1.29 is 14.3 Å². The number of carbonyl (C=O) groups excluding carboxylic acids is 2. The topological polar surface area (TPSA) is 55.4 Å². The van der Waals surface area contributed by atoms with Crippen LogP contribution in [0.5, 0.6) is 0 Å². The normalized spacial score (nSPS) is 10.9. The third kappa shape index (κ3) is 2.88. The Morgan fingerprint density at radius 3 is 2.44 bits per heavy atom. The quantitative estimate of drug-likeness (QED) is 0.658. The van der Waals surface area contributed by atoms with E-state index in [0.717, 1.165) is 17.7 Å². The molecule has 0 aromatic heterocycles. The van der Waals surface area contributed by atoms with E-state index in [1.54, 1.807) is 13.8 Å². The van der Waals surface area contributed by atoms with Crippen LogP contribution in [0, 0.1) is 5.41 Å². The van der Waals surface area contributed by atoms with Gasteiger partial charge in [0.15, 0.2) is 0 Å². The molecule has 4 heteroatoms. The second kappa shape index (κ2) is 5.67. The fourth-order valence-electron chi connectivity index (χ4n) is 1.58. The molecule has 1 rings (SSSR count). The van der Waals surface area contributed by atoms with Gasteiger partial charge in [0, 0.05) is 5.69 Å². The Morgan fingerprint density at radius 2 is 1.89 bits per heavy atom. The van der Waals surface area contributed by atoms with E-state index in [2.05, 4.69) is 10.1 Å². The number of rotatable bonds is 4. The third-order valence-corrected chi connectivity index (χ3v) is 2.91. The van der Waals surface area contributed by atoms with E-state index in [4.69, 9.17) is 0 Å². The molecule has 4 nitrogen and oxygen atoms in total. The number of esters is 1. The van der Waals surface area contributed by atoms with Gasteiger partial charge in [-0.15, -0.1) is 0 Å². The van der Waals surface area contributed by atoms with Gasteiger partial charge in [-0.25, -0.2) is 0 Å². The Labute approximate surface area is 107 Å². The summed E-state index contributed by atoms with van der Waals surface area (Å²) in [5, 5.41) is 2.78. The molecule has 0 spiro atoms. The largest absolute Gasteiger partial charge is 0.468 e. The number of aryl methyl sites for hydroxylation is 1. The molecule has 1 aromatic rings. The summed E-state index contributed by atoms with van der Waals surface area (Å²) in [4.78, 5) is 23.6. The molecule has 0 radical (unpaired) electrons. The molecule has 1 N–H and O–H groups in total. The van der Waals surface area contributed by atoms with Crippen LogP contribution in [-0.2, 0) is 20.7 Å². The van der Waals surface area contributed by atoms with Crippen molar-refractivity contribution in [2.24, 2.45) is 5.41 Å². The van der Waals surface area contributed by atoms with Crippen LogP contribution in [0.1, 0.15) is 26.3 Å². The molecule has 0 bridgehead atoms. The molecule has 0 aliphatic carbocycles. The van der Waals surface area contributed by atoms with Crippen molar-refractivity contribution >= 4 is 17.6 Å². The second-order valence-electron chi connectivity index (χ2n) is 4.58. The number of ether oxygens (including phenoxy) is 1. The van der Waals surface area contributed by atoms with Gasteiger partial charge in [-0.3, -0.25) is 9.59 Å². The first kappa shape index (κ1) is 14.2. The van der Waals surface area contributed by atoms with Crippen molar-refractivity contribution in [2.75, 3.05) is 12.4 Å². The van der Waals surface area contributed by atoms with E-state index in [-0.39, 0.29) is 5.91 Å². The molecular formula is C14H19NO3. The van der Waals surface area contributed by atoms with Crippen molar-refractivity contribution in [1.29, 1.82) is 0 Å². The van der Waals surface area contributed by atoms with Gasteiger partial charge in [0.1, 0.15) is 5.41 Å². The number of hydrogen-bond acceptors (Lipinski definition) is 3. The first-order valence-electron chi connectivity index (χ1n) is 5.91. The summed E-state index contributed by atoms with van der Waals surface area (Å²) in [5.74, 6) is -0.913. The lowest BCUT2D eigenvalue weighted by Gasteiger charge is -2.21. The van der Waals surface area contributed by atoms with Crippen LogP contribution in [0.25, 0.3) is 0 Å². The van der Waals surface area contributed by atoms with Crippen LogP contribution in [0.2, 0.25) is 0 Å². The zero-order valence-corrected chi connectivity index (χ0v) is 11.2. The van der Waals surface area contributed by atoms with Crippen molar-refractivity contribution in [3.8, 4) is 0 Å². The van der Waals surface area contributed by atoms with Crippen LogP contribution in [0.15, 0.2) is 24.3 Å². The third-order valence-electron chi connectivity index (χ3n) is 2.91. The minimum absolute atomic E-state index is 0.366. The Balaban J connectivity index is 2.91. The average Bonchev–Trinajstić information content (AvgIpc) is 2.38. The van der Waals surface area contributed by atoms with Crippen molar-refractivity contribution in [3.05, 3.63) is 29.8 Å². The number of carbonyl (C=O) groups is 2. The average molecular weight is 249 g/mol. The molecule has 0 saturated carbocycles. The van der Waals surface area contributed by atoms with Gasteiger partial charge in [-0.05, 0) is 31.9 Å². The lowest BCUT2D eigenvalue weighted by molar-refractivity contribution is -0.154. The number of hydrogen-bond donors (Lipinski definition) is 1. The zero-order valence-electron chi connectivity index (χ0n) is 11.2. The maximum absolute atomic E-state index is 12.1. The van der Waals surface area contributed by atoms with Crippen LogP contribution >= 0.6 is 0 Å². The molecule has 0 fully saturated rings. The molecule has 0 atom stereocenters. The fraction of sp³-hybridized carbons (Fsp3) is 0.429. The predicted molar refractivity (Wildman–Crippen MR) is 70.2 cm³/mol. The van der Waals surface area contributed by atoms with Gasteiger partial charge in [0.2, 0.25) is 5.91 Å². The maximum atomic E-state index is 12.1. The summed E-state index contributed by atoms with van der Waals surface area (Å²) in [6.07, 6.45) is 0.815. The maximum Gasteiger partial charge on any atom is 0.320 e. The van der Waals surface area contributed by atoms with Crippen molar-refractivity contribution in [3.63, 3.8) is 0 Å². The van der Waals surface area contributed by atoms with Crippen LogP contribution < -0.4 is 5.32 Å². The smallest absolute Gasteiger partial charge is 0.320 e. The first-order chi connectivity index (χ1) is 8.43. The van der Waals surface area contributed by atoms with Gasteiger partial charge < -0.3 is 10.1 Å². The Kier molecular flexibility index (Phi) is 4.48. The highest BCUT2D eigenvalue weighted by Gasteiger charge is 2.37. The molecule has 0 heterocycles. The summed E-state index contributed by atoms with van der Waals surface area (Å²) in [7, 11) is 1.28. The van der Waals surface area contributed by atoms with E-state index < -0.39 is 11.4 Å². The van der Waals surface area contributed by atoms with E-state index in [0.29, 0.717) is 0 Å². The molecule has 18 heavy (non-hydrogen) atoms. The van der Waals surface area contributed by atoms with Crippen LogP contribution in [-0.4, -0.2) is 19.0 Å². The minimum Gasteiger partial charge on any atom is -0.468 e. The standard InChI is InChI=1S/C14H19NO3/c1-5-10-8-6-7-9-11(10)15-12(16)14(2,3)13(17)18-4/h6-9H,5H2,1-4H3,(H,15,16). The highest BCUT2D eigenvalue weighted by atomic mass is 16.5. The minimum atomic E-state index is -1.20. The molecule has 0 saturated heterocycles. The first-order valence-corrected chi connectivity index (χ1v) is 5.91. The summed E-state index contributed by atoms with van der Waals surface area (Å²) in [5.41, 5.74) is 0.573. The highest BCUT2D eigenvalue weighted by molar-refractivity contribution is 6.08. The molecule has 1 aromatic carbocycles. The van der Waals surface area contributed by atoms with Gasteiger partial charge in [0.05, 0.1) is 7.11 Å². The van der Waals surface area contributed by atoms with Gasteiger partial charge >= 0.3 is 5.97 Å². The van der Waals surface area contributed by atoms with Crippen LogP contribution in [0.4, 0.5) is 5.69 Å². The monoisotopic (exact) mass is 249 g/mol. The molecule has 1 amide bonds. The number of para-hydroxylation sites is 1. The number of nitrogens with one attached hydrogen (secondary N) is 1.